The van der Waals surface area contributed by atoms with Gasteiger partial charge in [0.15, 0.2) is 13.2 Å². The summed E-state index contributed by atoms with van der Waals surface area (Å²) in [7, 11) is 0. The molecule has 0 aliphatic carbocycles. The van der Waals surface area contributed by atoms with Crippen LogP contribution in [0.25, 0.3) is 12.2 Å². The normalized spacial score (nSPS) is 10.1. The Morgan fingerprint density at radius 2 is 0.971 bits per heavy atom. The topological polar surface area (TPSA) is 52.6 Å². The van der Waals surface area contributed by atoms with Gasteiger partial charge in [-0.15, -0.1) is 0 Å². The molecule has 3 aromatic carbocycles. The Hall–Kier alpha value is -4.80. The van der Waals surface area contributed by atoms with Crippen LogP contribution >= 0.6 is 0 Å². The summed E-state index contributed by atoms with van der Waals surface area (Å²) in [6.45, 7) is -0.0732. The fourth-order valence-corrected chi connectivity index (χ4v) is 2.73. The summed E-state index contributed by atoms with van der Waals surface area (Å²) >= 11 is 0. The average molecular weight is 447 g/mol. The zero-order chi connectivity index (χ0) is 23.8. The van der Waals surface area contributed by atoms with Gasteiger partial charge in [0.05, 0.1) is 0 Å². The van der Waals surface area contributed by atoms with Gasteiger partial charge in [0.25, 0.3) is 0 Å². The first-order chi connectivity index (χ1) is 16.7. The van der Waals surface area contributed by atoms with Crippen molar-refractivity contribution in [2.75, 3.05) is 13.2 Å². The third-order valence-corrected chi connectivity index (χ3v) is 4.37. The molecule has 0 radical (unpaired) electrons. The van der Waals surface area contributed by atoms with E-state index < -0.39 is 11.9 Å². The van der Waals surface area contributed by atoms with E-state index in [1.54, 1.807) is 12.2 Å². The van der Waals surface area contributed by atoms with Gasteiger partial charge in [-0.1, -0.05) is 96.5 Å². The minimum Gasteiger partial charge on any atom is -0.449 e. The molecular formula is C30H22O4. The van der Waals surface area contributed by atoms with Gasteiger partial charge in [-0.05, 0) is 35.4 Å². The summed E-state index contributed by atoms with van der Waals surface area (Å²) in [6, 6.07) is 26.3. The zero-order valence-corrected chi connectivity index (χ0v) is 18.4. The maximum atomic E-state index is 11.8. The molecule has 0 aliphatic rings. The predicted octanol–water partition coefficient (Wildman–Crippen LogP) is 4.90. The van der Waals surface area contributed by atoms with Crippen LogP contribution in [0.15, 0.2) is 97.1 Å². The van der Waals surface area contributed by atoms with Crippen LogP contribution in [-0.2, 0) is 19.1 Å². The van der Waals surface area contributed by atoms with Crippen molar-refractivity contribution < 1.29 is 19.1 Å². The van der Waals surface area contributed by atoms with E-state index in [-0.39, 0.29) is 13.2 Å². The van der Waals surface area contributed by atoms with Gasteiger partial charge in [0, 0.05) is 23.3 Å². The third-order valence-electron chi connectivity index (χ3n) is 4.37. The summed E-state index contributed by atoms with van der Waals surface area (Å²) in [5.74, 6) is 10.6. The second-order valence-electron chi connectivity index (χ2n) is 6.85. The fraction of sp³-hybridized carbons (Fsp3) is 0.0667. The molecule has 0 saturated heterocycles. The Kier molecular flexibility index (Phi) is 9.53. The quantitative estimate of drug-likeness (QED) is 0.307. The highest BCUT2D eigenvalue weighted by Crippen LogP contribution is 2.06. The molecule has 0 aliphatic heterocycles. The number of benzene rings is 3. The van der Waals surface area contributed by atoms with Crippen molar-refractivity contribution in [3.05, 3.63) is 119 Å². The van der Waals surface area contributed by atoms with Crippen LogP contribution < -0.4 is 0 Å². The largest absolute Gasteiger partial charge is 0.449 e. The van der Waals surface area contributed by atoms with E-state index in [1.165, 1.54) is 12.2 Å². The van der Waals surface area contributed by atoms with Crippen LogP contribution in [0.3, 0.4) is 0 Å². The molecule has 0 spiro atoms. The summed E-state index contributed by atoms with van der Waals surface area (Å²) in [6.07, 6.45) is 6.11. The Labute approximate surface area is 199 Å². The molecule has 0 atom stereocenters. The first-order valence-corrected chi connectivity index (χ1v) is 10.6. The molecule has 3 rings (SSSR count). The van der Waals surface area contributed by atoms with Crippen molar-refractivity contribution in [3.8, 4) is 23.7 Å². The van der Waals surface area contributed by atoms with Crippen LogP contribution in [0, 0.1) is 23.7 Å². The lowest BCUT2D eigenvalue weighted by Crippen LogP contribution is -2.00. The van der Waals surface area contributed by atoms with Gasteiger partial charge in [-0.25, -0.2) is 9.59 Å². The number of hydrogen-bond donors (Lipinski definition) is 0. The summed E-state index contributed by atoms with van der Waals surface area (Å²) < 4.78 is 10.2. The lowest BCUT2D eigenvalue weighted by molar-refractivity contribution is -0.137. The second-order valence-corrected chi connectivity index (χ2v) is 6.85. The number of carbonyl (C=O) groups is 2. The first-order valence-electron chi connectivity index (χ1n) is 10.6. The van der Waals surface area contributed by atoms with E-state index in [1.807, 2.05) is 84.9 Å². The standard InChI is InChI=1S/C30H22O4/c31-29(21-19-25-11-3-1-4-12-25)33-23-9-17-27-15-7-8-16-28(27)18-10-24-34-30(32)22-20-26-13-5-2-6-14-26/h1-8,11-16,19-22H,23-24H2/b21-19+,22-20+. The molecule has 0 N–H and O–H groups in total. The van der Waals surface area contributed by atoms with Gasteiger partial charge >= 0.3 is 11.9 Å². The van der Waals surface area contributed by atoms with E-state index in [9.17, 15) is 9.59 Å². The van der Waals surface area contributed by atoms with E-state index in [0.29, 0.717) is 11.1 Å². The molecule has 0 heterocycles. The zero-order valence-electron chi connectivity index (χ0n) is 18.4. The van der Waals surface area contributed by atoms with E-state index in [2.05, 4.69) is 23.7 Å². The molecule has 0 fully saturated rings. The summed E-state index contributed by atoms with van der Waals surface area (Å²) in [5, 5.41) is 0. The van der Waals surface area contributed by atoms with Gasteiger partial charge in [0.1, 0.15) is 0 Å². The first kappa shape index (κ1) is 23.9. The van der Waals surface area contributed by atoms with Crippen molar-refractivity contribution in [3.63, 3.8) is 0 Å². The molecule has 0 saturated carbocycles. The van der Waals surface area contributed by atoms with Gasteiger partial charge < -0.3 is 9.47 Å². The van der Waals surface area contributed by atoms with Crippen LogP contribution in [0.2, 0.25) is 0 Å². The summed E-state index contributed by atoms with van der Waals surface area (Å²) in [5.41, 5.74) is 3.22. The molecule has 0 amide bonds. The highest BCUT2D eigenvalue weighted by Gasteiger charge is 1.98. The molecular weight excluding hydrogens is 424 g/mol. The molecule has 3 aromatic rings. The monoisotopic (exact) mass is 446 g/mol. The number of esters is 2. The molecule has 166 valence electrons. The number of rotatable bonds is 6. The molecule has 0 bridgehead atoms. The fourth-order valence-electron chi connectivity index (χ4n) is 2.73. The van der Waals surface area contributed by atoms with Crippen molar-refractivity contribution in [1.29, 1.82) is 0 Å². The minimum absolute atomic E-state index is 0.0366. The molecule has 0 aromatic heterocycles. The van der Waals surface area contributed by atoms with E-state index >= 15 is 0 Å². The number of ether oxygens (including phenoxy) is 2. The van der Waals surface area contributed by atoms with Crippen LogP contribution in [0.4, 0.5) is 0 Å². The number of hydrogen-bond acceptors (Lipinski definition) is 4. The highest BCUT2D eigenvalue weighted by molar-refractivity contribution is 5.87. The Balaban J connectivity index is 1.48. The maximum absolute atomic E-state index is 11.8. The second kappa shape index (κ2) is 13.6. The Bertz CT molecular complexity index is 1180. The lowest BCUT2D eigenvalue weighted by atomic mass is 10.1. The van der Waals surface area contributed by atoms with Gasteiger partial charge in [-0.2, -0.15) is 0 Å². The van der Waals surface area contributed by atoms with Crippen molar-refractivity contribution >= 4 is 24.1 Å². The van der Waals surface area contributed by atoms with Crippen molar-refractivity contribution in [1.82, 2.24) is 0 Å². The number of carbonyl (C=O) groups excluding carboxylic acids is 2. The van der Waals surface area contributed by atoms with E-state index in [4.69, 9.17) is 9.47 Å². The summed E-state index contributed by atoms with van der Waals surface area (Å²) in [4.78, 5) is 23.6. The van der Waals surface area contributed by atoms with Gasteiger partial charge in [0.2, 0.25) is 0 Å². The maximum Gasteiger partial charge on any atom is 0.331 e. The molecule has 34 heavy (non-hydrogen) atoms. The smallest absolute Gasteiger partial charge is 0.331 e. The molecule has 0 unspecified atom stereocenters. The van der Waals surface area contributed by atoms with Gasteiger partial charge in [-0.3, -0.25) is 0 Å². The Morgan fingerprint density at radius 3 is 1.38 bits per heavy atom. The van der Waals surface area contributed by atoms with Crippen molar-refractivity contribution in [2.45, 2.75) is 0 Å². The SMILES string of the molecule is O=C(/C=C/c1ccccc1)OCC#Cc1ccccc1C#CCOC(=O)/C=C/c1ccccc1. The van der Waals surface area contributed by atoms with Crippen molar-refractivity contribution in [2.24, 2.45) is 0 Å². The average Bonchev–Trinajstić information content (AvgIpc) is 2.88. The molecule has 4 nitrogen and oxygen atoms in total. The lowest BCUT2D eigenvalue weighted by Gasteiger charge is -1.97. The third kappa shape index (κ3) is 8.75. The highest BCUT2D eigenvalue weighted by atomic mass is 16.5. The predicted molar refractivity (Wildman–Crippen MR) is 133 cm³/mol. The minimum atomic E-state index is -0.464. The van der Waals surface area contributed by atoms with Crippen LogP contribution in [0.1, 0.15) is 22.3 Å². The van der Waals surface area contributed by atoms with E-state index in [0.717, 1.165) is 11.1 Å². The Morgan fingerprint density at radius 1 is 0.588 bits per heavy atom. The van der Waals surface area contributed by atoms with Crippen LogP contribution in [0.5, 0.6) is 0 Å². The van der Waals surface area contributed by atoms with Crippen LogP contribution in [-0.4, -0.2) is 25.2 Å². The molecule has 4 heteroatoms.